The number of carboxylic acids is 1. The minimum atomic E-state index is -1.16. The quantitative estimate of drug-likeness (QED) is 0.808. The lowest BCUT2D eigenvalue weighted by Crippen LogP contribution is -2.15. The summed E-state index contributed by atoms with van der Waals surface area (Å²) in [5.41, 5.74) is 0.353. The highest BCUT2D eigenvalue weighted by atomic mass is 35.5. The molecule has 0 atom stereocenters. The summed E-state index contributed by atoms with van der Waals surface area (Å²) >= 11 is 5.71. The second-order valence-corrected chi connectivity index (χ2v) is 4.34. The number of carbonyl (C=O) groups is 2. The van der Waals surface area contributed by atoms with Crippen LogP contribution in [0.5, 0.6) is 5.75 Å². The van der Waals surface area contributed by atoms with E-state index in [0.29, 0.717) is 10.8 Å². The first-order chi connectivity index (χ1) is 9.51. The van der Waals surface area contributed by atoms with Crippen LogP contribution < -0.4 is 10.1 Å². The second-order valence-electron chi connectivity index (χ2n) is 3.90. The molecule has 7 heteroatoms. The van der Waals surface area contributed by atoms with E-state index in [4.69, 9.17) is 21.4 Å². The number of nitrogens with one attached hydrogen (secondary N) is 2. The number of H-pyrrole nitrogens is 1. The summed E-state index contributed by atoms with van der Waals surface area (Å²) in [4.78, 5) is 25.8. The van der Waals surface area contributed by atoms with Crippen LogP contribution in [0, 0.1) is 0 Å². The lowest BCUT2D eigenvalue weighted by atomic mass is 10.1. The normalized spacial score (nSPS) is 10.1. The number of aromatic carboxylic acids is 1. The van der Waals surface area contributed by atoms with Crippen LogP contribution in [0.1, 0.15) is 20.8 Å². The SMILES string of the molecule is COc1ccc(NC(=O)c2cc(Cl)c[nH]2)c(C(=O)O)c1. The fourth-order valence-corrected chi connectivity index (χ4v) is 1.79. The molecular weight excluding hydrogens is 284 g/mol. The average molecular weight is 295 g/mol. The summed E-state index contributed by atoms with van der Waals surface area (Å²) in [6.07, 6.45) is 1.46. The Labute approximate surface area is 119 Å². The van der Waals surface area contributed by atoms with Crippen molar-refractivity contribution in [1.82, 2.24) is 4.98 Å². The van der Waals surface area contributed by atoms with Crippen LogP contribution in [0.2, 0.25) is 5.02 Å². The highest BCUT2D eigenvalue weighted by Gasteiger charge is 2.15. The van der Waals surface area contributed by atoms with E-state index in [1.807, 2.05) is 0 Å². The second kappa shape index (κ2) is 5.66. The number of methoxy groups -OCH3 is 1. The van der Waals surface area contributed by atoms with Gasteiger partial charge in [-0.1, -0.05) is 11.6 Å². The highest BCUT2D eigenvalue weighted by Crippen LogP contribution is 2.23. The summed E-state index contributed by atoms with van der Waals surface area (Å²) in [5.74, 6) is -1.25. The van der Waals surface area contributed by atoms with Gasteiger partial charge in [-0.3, -0.25) is 4.79 Å². The molecule has 0 unspecified atom stereocenters. The third-order valence-corrected chi connectivity index (χ3v) is 2.82. The Kier molecular flexibility index (Phi) is 3.95. The molecule has 0 spiro atoms. The minimum Gasteiger partial charge on any atom is -0.497 e. The standard InChI is InChI=1S/C13H11ClN2O4/c1-20-8-2-3-10(9(5-8)13(18)19)16-12(17)11-4-7(14)6-15-11/h2-6,15H,1H3,(H,16,17)(H,18,19). The van der Waals surface area contributed by atoms with Crippen molar-refractivity contribution in [1.29, 1.82) is 0 Å². The van der Waals surface area contributed by atoms with E-state index in [9.17, 15) is 9.59 Å². The fourth-order valence-electron chi connectivity index (χ4n) is 1.62. The van der Waals surface area contributed by atoms with Crippen molar-refractivity contribution in [2.45, 2.75) is 0 Å². The van der Waals surface area contributed by atoms with Crippen LogP contribution in [-0.4, -0.2) is 29.1 Å². The molecule has 0 fully saturated rings. The number of aromatic amines is 1. The van der Waals surface area contributed by atoms with E-state index in [1.54, 1.807) is 6.07 Å². The van der Waals surface area contributed by atoms with Crippen molar-refractivity contribution in [2.75, 3.05) is 12.4 Å². The smallest absolute Gasteiger partial charge is 0.337 e. The summed E-state index contributed by atoms with van der Waals surface area (Å²) < 4.78 is 4.95. The van der Waals surface area contributed by atoms with E-state index in [-0.39, 0.29) is 16.9 Å². The van der Waals surface area contributed by atoms with E-state index >= 15 is 0 Å². The molecule has 1 amide bonds. The number of hydrogen-bond acceptors (Lipinski definition) is 3. The molecule has 104 valence electrons. The van der Waals surface area contributed by atoms with Crippen LogP contribution in [0.25, 0.3) is 0 Å². The van der Waals surface area contributed by atoms with Crippen molar-refractivity contribution in [3.63, 3.8) is 0 Å². The van der Waals surface area contributed by atoms with E-state index < -0.39 is 11.9 Å². The molecule has 0 aliphatic rings. The van der Waals surface area contributed by atoms with E-state index in [1.165, 1.54) is 31.5 Å². The number of amides is 1. The molecule has 3 N–H and O–H groups in total. The Morgan fingerprint density at radius 2 is 2.10 bits per heavy atom. The average Bonchev–Trinajstić information content (AvgIpc) is 2.85. The molecular formula is C13H11ClN2O4. The van der Waals surface area contributed by atoms with Crippen molar-refractivity contribution < 1.29 is 19.4 Å². The van der Waals surface area contributed by atoms with Gasteiger partial charge in [-0.25, -0.2) is 4.79 Å². The molecule has 6 nitrogen and oxygen atoms in total. The maximum Gasteiger partial charge on any atom is 0.337 e. The number of carboxylic acid groups (broad SMARTS) is 1. The molecule has 20 heavy (non-hydrogen) atoms. The summed E-state index contributed by atoms with van der Waals surface area (Å²) in [6, 6.07) is 5.80. The zero-order chi connectivity index (χ0) is 14.7. The predicted octanol–water partition coefficient (Wildman–Crippen LogP) is 2.63. The van der Waals surface area contributed by atoms with Crippen molar-refractivity contribution >= 4 is 29.2 Å². The Morgan fingerprint density at radius 3 is 2.65 bits per heavy atom. The molecule has 0 radical (unpaired) electrons. The van der Waals surface area contributed by atoms with Crippen molar-refractivity contribution in [3.05, 3.63) is 46.7 Å². The van der Waals surface area contributed by atoms with Gasteiger partial charge in [0.1, 0.15) is 11.4 Å². The first-order valence-corrected chi connectivity index (χ1v) is 5.95. The number of benzene rings is 1. The molecule has 2 aromatic rings. The van der Waals surface area contributed by atoms with Crippen LogP contribution >= 0.6 is 11.6 Å². The first-order valence-electron chi connectivity index (χ1n) is 5.58. The molecule has 1 aromatic heterocycles. The van der Waals surface area contributed by atoms with Crippen LogP contribution in [0.15, 0.2) is 30.5 Å². The Bertz CT molecular complexity index is 666. The lowest BCUT2D eigenvalue weighted by Gasteiger charge is -2.09. The van der Waals surface area contributed by atoms with Crippen LogP contribution in [0.4, 0.5) is 5.69 Å². The zero-order valence-electron chi connectivity index (χ0n) is 10.4. The number of anilines is 1. The van der Waals surface area contributed by atoms with Crippen LogP contribution in [0.3, 0.4) is 0 Å². The Hall–Kier alpha value is -2.47. The molecule has 2 rings (SSSR count). The van der Waals surface area contributed by atoms with Crippen molar-refractivity contribution in [2.24, 2.45) is 0 Å². The molecule has 1 heterocycles. The third kappa shape index (κ3) is 2.92. The zero-order valence-corrected chi connectivity index (χ0v) is 11.2. The largest absolute Gasteiger partial charge is 0.497 e. The van der Waals surface area contributed by atoms with Gasteiger partial charge >= 0.3 is 5.97 Å². The number of ether oxygens (including phenoxy) is 1. The van der Waals surface area contributed by atoms with Crippen LogP contribution in [-0.2, 0) is 0 Å². The maximum atomic E-state index is 11.9. The Balaban J connectivity index is 2.29. The first kappa shape index (κ1) is 14.0. The molecule has 0 aliphatic carbocycles. The topological polar surface area (TPSA) is 91.4 Å². The maximum absolute atomic E-state index is 11.9. The summed E-state index contributed by atoms with van der Waals surface area (Å²) in [5, 5.41) is 12.0. The van der Waals surface area contributed by atoms with Gasteiger partial charge in [0, 0.05) is 6.20 Å². The molecule has 1 aromatic carbocycles. The number of halogens is 1. The van der Waals surface area contributed by atoms with E-state index in [2.05, 4.69) is 10.3 Å². The highest BCUT2D eigenvalue weighted by molar-refractivity contribution is 6.31. The number of hydrogen-bond donors (Lipinski definition) is 3. The van der Waals surface area contributed by atoms with Crippen molar-refractivity contribution in [3.8, 4) is 5.75 Å². The lowest BCUT2D eigenvalue weighted by molar-refractivity contribution is 0.0697. The monoisotopic (exact) mass is 294 g/mol. The summed E-state index contributed by atoms with van der Waals surface area (Å²) in [7, 11) is 1.43. The number of rotatable bonds is 4. The van der Waals surface area contributed by atoms with Gasteiger partial charge in [0.05, 0.1) is 23.4 Å². The molecule has 0 saturated heterocycles. The number of carbonyl (C=O) groups excluding carboxylic acids is 1. The van der Waals surface area contributed by atoms with Gasteiger partial charge < -0.3 is 20.1 Å². The van der Waals surface area contributed by atoms with Gasteiger partial charge in [-0.05, 0) is 24.3 Å². The van der Waals surface area contributed by atoms with Gasteiger partial charge in [0.2, 0.25) is 0 Å². The van der Waals surface area contributed by atoms with E-state index in [0.717, 1.165) is 0 Å². The third-order valence-electron chi connectivity index (χ3n) is 2.60. The van der Waals surface area contributed by atoms with Gasteiger partial charge in [0.25, 0.3) is 5.91 Å². The number of aromatic nitrogens is 1. The van der Waals surface area contributed by atoms with Gasteiger partial charge in [-0.2, -0.15) is 0 Å². The summed E-state index contributed by atoms with van der Waals surface area (Å²) in [6.45, 7) is 0. The molecule has 0 bridgehead atoms. The molecule has 0 saturated carbocycles. The fraction of sp³-hybridized carbons (Fsp3) is 0.0769. The predicted molar refractivity (Wildman–Crippen MR) is 73.7 cm³/mol. The van der Waals surface area contributed by atoms with Gasteiger partial charge in [0.15, 0.2) is 0 Å². The van der Waals surface area contributed by atoms with Gasteiger partial charge in [-0.15, -0.1) is 0 Å². The molecule has 0 aliphatic heterocycles. The Morgan fingerprint density at radius 1 is 1.35 bits per heavy atom. The minimum absolute atomic E-state index is 0.0599.